The number of aryl methyl sites for hydroxylation is 1. The van der Waals surface area contributed by atoms with E-state index in [1.165, 1.54) is 23.0 Å². The number of halogens is 2. The lowest BCUT2D eigenvalue weighted by molar-refractivity contribution is 0.0998. The molecule has 1 aromatic heterocycles. The summed E-state index contributed by atoms with van der Waals surface area (Å²) in [5, 5.41) is 12.9. The number of aromatic nitrogens is 1. The Balaban J connectivity index is 1.82. The highest BCUT2D eigenvalue weighted by molar-refractivity contribution is 7.07. The molecule has 0 radical (unpaired) electrons. The molecule has 0 saturated heterocycles. The van der Waals surface area contributed by atoms with Crippen molar-refractivity contribution >= 4 is 46.1 Å². The van der Waals surface area contributed by atoms with Gasteiger partial charge in [0, 0.05) is 22.5 Å². The molecule has 0 spiro atoms. The molecule has 0 aliphatic carbocycles. The summed E-state index contributed by atoms with van der Waals surface area (Å²) in [6.45, 7) is 0.652. The van der Waals surface area contributed by atoms with Gasteiger partial charge >= 0.3 is 0 Å². The zero-order valence-electron chi connectivity index (χ0n) is 16.8. The smallest absolute Gasteiger partial charge is 0.252 e. The van der Waals surface area contributed by atoms with Crippen molar-refractivity contribution in [2.24, 2.45) is 10.7 Å². The zero-order valence-corrected chi connectivity index (χ0v) is 19.2. The van der Waals surface area contributed by atoms with E-state index in [-0.39, 0.29) is 11.3 Å². The third kappa shape index (κ3) is 4.88. The van der Waals surface area contributed by atoms with E-state index in [2.05, 4.69) is 16.7 Å². The number of primary amides is 1. The van der Waals surface area contributed by atoms with E-state index in [0.717, 1.165) is 22.5 Å². The number of aromatic hydroxyl groups is 1. The van der Waals surface area contributed by atoms with Crippen LogP contribution >= 0.6 is 34.5 Å². The molecule has 32 heavy (non-hydrogen) atoms. The molecule has 0 unspecified atom stereocenters. The Hall–Kier alpha value is -3.06. The normalized spacial score (nSPS) is 11.6. The molecule has 4 rings (SSSR count). The minimum absolute atomic E-state index is 0.0718. The van der Waals surface area contributed by atoms with Gasteiger partial charge in [0.15, 0.2) is 4.80 Å². The summed E-state index contributed by atoms with van der Waals surface area (Å²) in [7, 11) is 0. The number of phenols is 1. The Morgan fingerprint density at radius 1 is 1.06 bits per heavy atom. The van der Waals surface area contributed by atoms with Gasteiger partial charge in [0.05, 0.1) is 22.0 Å². The van der Waals surface area contributed by atoms with Gasteiger partial charge in [-0.3, -0.25) is 4.79 Å². The van der Waals surface area contributed by atoms with Gasteiger partial charge in [0.25, 0.3) is 5.91 Å². The lowest BCUT2D eigenvalue weighted by Gasteiger charge is -2.11. The van der Waals surface area contributed by atoms with Gasteiger partial charge in [-0.1, -0.05) is 53.5 Å². The number of hydrogen-bond acceptors (Lipinski definition) is 4. The molecule has 162 valence electrons. The Morgan fingerprint density at radius 2 is 1.84 bits per heavy atom. The highest BCUT2D eigenvalue weighted by atomic mass is 35.5. The Bertz CT molecular complexity index is 1350. The second-order valence-corrected chi connectivity index (χ2v) is 8.77. The average molecular weight is 484 g/mol. The van der Waals surface area contributed by atoms with E-state index in [4.69, 9.17) is 33.9 Å². The summed E-state index contributed by atoms with van der Waals surface area (Å²) in [5.74, 6) is -0.835. The molecule has 8 heteroatoms. The van der Waals surface area contributed by atoms with Crippen LogP contribution in [-0.4, -0.2) is 15.6 Å². The summed E-state index contributed by atoms with van der Waals surface area (Å²) in [6.07, 6.45) is 0.785. The SMILES string of the molecule is NC(=O)c1cc(-c2cs/c(=N\c3ccc(Cl)cc3Cl)n2CCc2ccccc2)ccc1O. The zero-order chi connectivity index (χ0) is 22.7. The van der Waals surface area contributed by atoms with Crippen LogP contribution in [0.4, 0.5) is 5.69 Å². The minimum atomic E-state index is -0.687. The lowest BCUT2D eigenvalue weighted by atomic mass is 10.1. The number of nitrogens with two attached hydrogens (primary N) is 1. The molecule has 0 bridgehead atoms. The Labute approximate surface area is 199 Å². The second kappa shape index (κ2) is 9.61. The largest absolute Gasteiger partial charge is 0.507 e. The molecule has 4 aromatic rings. The highest BCUT2D eigenvalue weighted by Gasteiger charge is 2.14. The van der Waals surface area contributed by atoms with E-state index in [9.17, 15) is 9.90 Å². The monoisotopic (exact) mass is 483 g/mol. The second-order valence-electron chi connectivity index (χ2n) is 7.09. The van der Waals surface area contributed by atoms with Crippen LogP contribution in [0.25, 0.3) is 11.3 Å². The number of carbonyl (C=O) groups is 1. The maximum Gasteiger partial charge on any atom is 0.252 e. The number of carbonyl (C=O) groups excluding carboxylic acids is 1. The fourth-order valence-corrected chi connectivity index (χ4v) is 4.72. The number of rotatable bonds is 6. The number of thiazole rings is 1. The van der Waals surface area contributed by atoms with Crippen molar-refractivity contribution in [3.8, 4) is 17.0 Å². The van der Waals surface area contributed by atoms with Crippen LogP contribution in [0.3, 0.4) is 0 Å². The van der Waals surface area contributed by atoms with Crippen LogP contribution in [0.2, 0.25) is 10.0 Å². The first-order valence-corrected chi connectivity index (χ1v) is 11.4. The van der Waals surface area contributed by atoms with E-state index in [1.54, 1.807) is 30.3 Å². The molecule has 1 amide bonds. The van der Waals surface area contributed by atoms with Crippen LogP contribution in [-0.2, 0) is 13.0 Å². The van der Waals surface area contributed by atoms with Crippen LogP contribution < -0.4 is 10.5 Å². The summed E-state index contributed by atoms with van der Waals surface area (Å²) in [6, 6.07) is 20.1. The van der Waals surface area contributed by atoms with Crippen LogP contribution in [0.1, 0.15) is 15.9 Å². The van der Waals surface area contributed by atoms with Crippen molar-refractivity contribution < 1.29 is 9.90 Å². The topological polar surface area (TPSA) is 80.6 Å². The quantitative estimate of drug-likeness (QED) is 0.363. The summed E-state index contributed by atoms with van der Waals surface area (Å²) < 4.78 is 2.07. The average Bonchev–Trinajstić information content (AvgIpc) is 3.17. The first-order chi connectivity index (χ1) is 15.4. The van der Waals surface area contributed by atoms with E-state index < -0.39 is 5.91 Å². The number of amides is 1. The summed E-state index contributed by atoms with van der Waals surface area (Å²) in [5.41, 5.74) is 8.91. The van der Waals surface area contributed by atoms with Gasteiger partial charge < -0.3 is 15.4 Å². The van der Waals surface area contributed by atoms with Gasteiger partial charge in [-0.25, -0.2) is 4.99 Å². The van der Waals surface area contributed by atoms with E-state index in [1.807, 2.05) is 23.6 Å². The van der Waals surface area contributed by atoms with E-state index >= 15 is 0 Å². The molecule has 5 nitrogen and oxygen atoms in total. The molecule has 1 heterocycles. The molecule has 3 aromatic carbocycles. The van der Waals surface area contributed by atoms with Crippen LogP contribution in [0.5, 0.6) is 5.75 Å². The molecular formula is C24H19Cl2N3O2S. The minimum Gasteiger partial charge on any atom is -0.507 e. The first kappa shape index (κ1) is 22.1. The standard InChI is InChI=1S/C24H19Cl2N3O2S/c25-17-7-8-20(19(26)13-17)28-24-29(11-10-15-4-2-1-3-5-15)21(14-32-24)16-6-9-22(30)18(12-16)23(27)31/h1-9,12-14,30H,10-11H2,(H2,27,31)/b28-24-. The van der Waals surface area contributed by atoms with Gasteiger partial charge in [-0.05, 0) is 48.4 Å². The predicted molar refractivity (Wildman–Crippen MR) is 130 cm³/mol. The molecule has 0 fully saturated rings. The fraction of sp³-hybridized carbons (Fsp3) is 0.0833. The van der Waals surface area contributed by atoms with Gasteiger partial charge in [-0.15, -0.1) is 11.3 Å². The van der Waals surface area contributed by atoms with Crippen LogP contribution in [0, 0.1) is 0 Å². The summed E-state index contributed by atoms with van der Waals surface area (Å²) >= 11 is 13.8. The van der Waals surface area contributed by atoms with Crippen LogP contribution in [0.15, 0.2) is 77.1 Å². The van der Waals surface area contributed by atoms with E-state index in [0.29, 0.717) is 22.3 Å². The summed E-state index contributed by atoms with van der Waals surface area (Å²) in [4.78, 5) is 17.2. The third-order valence-electron chi connectivity index (χ3n) is 4.95. The number of nitrogens with zero attached hydrogens (tertiary/aromatic N) is 2. The lowest BCUT2D eigenvalue weighted by Crippen LogP contribution is -2.17. The van der Waals surface area contributed by atoms with Crippen molar-refractivity contribution in [2.75, 3.05) is 0 Å². The first-order valence-electron chi connectivity index (χ1n) is 9.77. The van der Waals surface area contributed by atoms with Gasteiger partial charge in [-0.2, -0.15) is 0 Å². The van der Waals surface area contributed by atoms with Crippen molar-refractivity contribution in [1.29, 1.82) is 0 Å². The Kier molecular flexibility index (Phi) is 6.65. The molecule has 0 saturated carbocycles. The predicted octanol–water partition coefficient (Wildman–Crippen LogP) is 5.80. The van der Waals surface area contributed by atoms with Crippen molar-refractivity contribution in [3.05, 3.63) is 98.1 Å². The molecule has 0 aliphatic rings. The van der Waals surface area contributed by atoms with Crippen molar-refractivity contribution in [2.45, 2.75) is 13.0 Å². The third-order valence-corrected chi connectivity index (χ3v) is 6.35. The van der Waals surface area contributed by atoms with Gasteiger partial charge in [0.1, 0.15) is 5.75 Å². The molecular weight excluding hydrogens is 465 g/mol. The molecule has 3 N–H and O–H groups in total. The molecule has 0 aliphatic heterocycles. The maximum absolute atomic E-state index is 11.7. The number of benzene rings is 3. The molecule has 0 atom stereocenters. The fourth-order valence-electron chi connectivity index (χ4n) is 3.32. The van der Waals surface area contributed by atoms with Gasteiger partial charge in [0.2, 0.25) is 0 Å². The Morgan fingerprint density at radius 3 is 2.56 bits per heavy atom. The number of hydrogen-bond donors (Lipinski definition) is 2. The van der Waals surface area contributed by atoms with Crippen molar-refractivity contribution in [3.63, 3.8) is 0 Å². The van der Waals surface area contributed by atoms with Crippen molar-refractivity contribution in [1.82, 2.24) is 4.57 Å². The maximum atomic E-state index is 11.7. The highest BCUT2D eigenvalue weighted by Crippen LogP contribution is 2.29.